The van der Waals surface area contributed by atoms with Crippen molar-refractivity contribution in [2.45, 2.75) is 19.3 Å². The minimum Gasteiger partial charge on any atom is -0.342 e. The van der Waals surface area contributed by atoms with Crippen molar-refractivity contribution < 1.29 is 0 Å². The van der Waals surface area contributed by atoms with Crippen LogP contribution >= 0.6 is 11.6 Å². The van der Waals surface area contributed by atoms with Gasteiger partial charge in [0.05, 0.1) is 0 Å². The number of aromatic nitrogens is 4. The fourth-order valence-electron chi connectivity index (χ4n) is 2.55. The van der Waals surface area contributed by atoms with Crippen LogP contribution in [0.1, 0.15) is 19.3 Å². The van der Waals surface area contributed by atoms with Crippen LogP contribution in [0.5, 0.6) is 0 Å². The molecule has 2 aromatic heterocycles. The second kappa shape index (κ2) is 4.82. The van der Waals surface area contributed by atoms with E-state index in [1.165, 1.54) is 19.3 Å². The summed E-state index contributed by atoms with van der Waals surface area (Å²) in [6.45, 7) is 2.04. The molecule has 3 N–H and O–H groups in total. The van der Waals surface area contributed by atoms with Crippen LogP contribution in [0.3, 0.4) is 0 Å². The number of hydrogen-bond acceptors (Lipinski definition) is 6. The number of nitrogens with zero attached hydrogens (tertiary/aromatic N) is 5. The fraction of sp³-hybridized carbons (Fsp3) is 0.545. The Morgan fingerprint density at radius 3 is 2.58 bits per heavy atom. The van der Waals surface area contributed by atoms with Crippen molar-refractivity contribution in [3.63, 3.8) is 0 Å². The van der Waals surface area contributed by atoms with E-state index in [1.54, 1.807) is 0 Å². The molecule has 1 fully saturated rings. The monoisotopic (exact) mass is 281 g/mol. The molecule has 0 bridgehead atoms. The number of aryl methyl sites for hydroxylation is 1. The highest BCUT2D eigenvalue weighted by molar-refractivity contribution is 6.28. The average Bonchev–Trinajstić information content (AvgIpc) is 2.76. The zero-order chi connectivity index (χ0) is 13.4. The summed E-state index contributed by atoms with van der Waals surface area (Å²) in [5, 5.41) is 0.142. The molecular weight excluding hydrogens is 266 g/mol. The zero-order valence-electron chi connectivity index (χ0n) is 10.7. The van der Waals surface area contributed by atoms with Gasteiger partial charge in [-0.3, -0.25) is 0 Å². The molecule has 7 nitrogen and oxygen atoms in total. The van der Waals surface area contributed by atoms with Crippen molar-refractivity contribution in [2.24, 2.45) is 12.9 Å². The molecule has 3 heterocycles. The minimum absolute atomic E-state index is 0.142. The molecule has 0 unspecified atom stereocenters. The van der Waals surface area contributed by atoms with E-state index in [0.29, 0.717) is 11.5 Å². The first-order chi connectivity index (χ1) is 9.20. The first-order valence-electron chi connectivity index (χ1n) is 6.32. The van der Waals surface area contributed by atoms with Crippen LogP contribution in [-0.4, -0.2) is 32.6 Å². The smallest absolute Gasteiger partial charge is 0.226 e. The van der Waals surface area contributed by atoms with Crippen LogP contribution in [-0.2, 0) is 7.05 Å². The molecule has 0 amide bonds. The van der Waals surface area contributed by atoms with Gasteiger partial charge in [0.15, 0.2) is 11.5 Å². The summed E-state index contributed by atoms with van der Waals surface area (Å²) in [6.07, 6.45) is 3.66. The number of hydrogen-bond donors (Lipinski definition) is 2. The Kier molecular flexibility index (Phi) is 3.16. The Morgan fingerprint density at radius 2 is 1.89 bits per heavy atom. The number of nitrogens with one attached hydrogen (secondary N) is 1. The van der Waals surface area contributed by atoms with Crippen molar-refractivity contribution in [3.05, 3.63) is 5.28 Å². The molecule has 0 aliphatic carbocycles. The number of imidazole rings is 1. The molecular formula is C11H16ClN7. The first kappa shape index (κ1) is 12.4. The number of nitrogens with two attached hydrogens (primary N) is 1. The van der Waals surface area contributed by atoms with Gasteiger partial charge >= 0.3 is 0 Å². The molecule has 0 radical (unpaired) electrons. The third-order valence-electron chi connectivity index (χ3n) is 3.46. The highest BCUT2D eigenvalue weighted by Crippen LogP contribution is 2.27. The van der Waals surface area contributed by atoms with Gasteiger partial charge in [0.1, 0.15) is 5.52 Å². The van der Waals surface area contributed by atoms with Gasteiger partial charge in [-0.2, -0.15) is 15.0 Å². The minimum atomic E-state index is 0.142. The van der Waals surface area contributed by atoms with Crippen molar-refractivity contribution >= 4 is 34.5 Å². The van der Waals surface area contributed by atoms with E-state index in [2.05, 4.69) is 25.3 Å². The summed E-state index contributed by atoms with van der Waals surface area (Å²) in [7, 11) is 1.94. The largest absolute Gasteiger partial charge is 0.342 e. The number of halogens is 1. The molecule has 8 heteroatoms. The standard InChI is InChI=1S/C11H16ClN7/c1-18-7-8(14-10(12)15-9(7)17-13)16-11(18)19-5-3-2-4-6-19/h2-6,13H2,1H3,(H,14,15,17). The molecule has 0 atom stereocenters. The van der Waals surface area contributed by atoms with E-state index in [4.69, 9.17) is 17.4 Å². The summed E-state index contributed by atoms with van der Waals surface area (Å²) >= 11 is 5.87. The van der Waals surface area contributed by atoms with Gasteiger partial charge in [-0.25, -0.2) is 5.84 Å². The topological polar surface area (TPSA) is 84.9 Å². The zero-order valence-corrected chi connectivity index (χ0v) is 11.5. The van der Waals surface area contributed by atoms with E-state index in [9.17, 15) is 0 Å². The fourth-order valence-corrected chi connectivity index (χ4v) is 2.71. The van der Waals surface area contributed by atoms with Crippen LogP contribution < -0.4 is 16.2 Å². The quantitative estimate of drug-likeness (QED) is 0.490. The number of anilines is 2. The SMILES string of the molecule is Cn1c(N2CCCCC2)nc2nc(Cl)nc(NN)c21. The Morgan fingerprint density at radius 1 is 1.16 bits per heavy atom. The first-order valence-corrected chi connectivity index (χ1v) is 6.70. The third kappa shape index (κ3) is 2.08. The second-order valence-corrected chi connectivity index (χ2v) is 5.01. The van der Waals surface area contributed by atoms with Gasteiger partial charge in [-0.05, 0) is 30.9 Å². The molecule has 2 aromatic rings. The molecule has 1 aliphatic heterocycles. The van der Waals surface area contributed by atoms with Crippen molar-refractivity contribution in [3.8, 4) is 0 Å². The second-order valence-electron chi connectivity index (χ2n) is 4.68. The predicted octanol–water partition coefficient (Wildman–Crippen LogP) is 1.29. The van der Waals surface area contributed by atoms with Gasteiger partial charge in [0.25, 0.3) is 0 Å². The number of nitrogen functional groups attached to an aromatic ring is 1. The van der Waals surface area contributed by atoms with E-state index in [0.717, 1.165) is 24.6 Å². The molecule has 19 heavy (non-hydrogen) atoms. The predicted molar refractivity (Wildman–Crippen MR) is 75.2 cm³/mol. The van der Waals surface area contributed by atoms with Crippen LogP contribution in [0.2, 0.25) is 5.28 Å². The maximum Gasteiger partial charge on any atom is 0.226 e. The van der Waals surface area contributed by atoms with Crippen LogP contribution in [0.15, 0.2) is 0 Å². The van der Waals surface area contributed by atoms with Gasteiger partial charge in [-0.1, -0.05) is 0 Å². The van der Waals surface area contributed by atoms with Gasteiger partial charge in [0, 0.05) is 20.1 Å². The summed E-state index contributed by atoms with van der Waals surface area (Å²) in [4.78, 5) is 15.1. The highest BCUT2D eigenvalue weighted by atomic mass is 35.5. The van der Waals surface area contributed by atoms with E-state index < -0.39 is 0 Å². The van der Waals surface area contributed by atoms with E-state index in [-0.39, 0.29) is 5.28 Å². The summed E-state index contributed by atoms with van der Waals surface area (Å²) in [5.74, 6) is 6.87. The number of piperidine rings is 1. The average molecular weight is 282 g/mol. The van der Waals surface area contributed by atoms with Crippen molar-refractivity contribution in [1.82, 2.24) is 19.5 Å². The van der Waals surface area contributed by atoms with Gasteiger partial charge in [0.2, 0.25) is 11.2 Å². The van der Waals surface area contributed by atoms with E-state index >= 15 is 0 Å². The molecule has 1 aliphatic rings. The lowest BCUT2D eigenvalue weighted by Crippen LogP contribution is -2.31. The maximum absolute atomic E-state index is 5.87. The van der Waals surface area contributed by atoms with Gasteiger partial charge in [-0.15, -0.1) is 0 Å². The molecule has 0 aromatic carbocycles. The number of hydrazine groups is 1. The molecule has 1 saturated heterocycles. The lowest BCUT2D eigenvalue weighted by atomic mass is 10.1. The van der Waals surface area contributed by atoms with E-state index in [1.807, 2.05) is 11.6 Å². The molecule has 3 rings (SSSR count). The van der Waals surface area contributed by atoms with Gasteiger partial charge < -0.3 is 14.9 Å². The lowest BCUT2D eigenvalue weighted by molar-refractivity contribution is 0.563. The third-order valence-corrected chi connectivity index (χ3v) is 3.62. The summed E-state index contributed by atoms with van der Waals surface area (Å²) in [5.41, 5.74) is 3.89. The summed E-state index contributed by atoms with van der Waals surface area (Å²) in [6, 6.07) is 0. The number of fused-ring (bicyclic) bond motifs is 1. The Balaban J connectivity index is 2.13. The maximum atomic E-state index is 5.87. The van der Waals surface area contributed by atoms with Crippen LogP contribution in [0.4, 0.5) is 11.8 Å². The van der Waals surface area contributed by atoms with Crippen LogP contribution in [0, 0.1) is 0 Å². The molecule has 0 saturated carbocycles. The normalized spacial score (nSPS) is 16.1. The van der Waals surface area contributed by atoms with Crippen LogP contribution in [0.25, 0.3) is 11.2 Å². The highest BCUT2D eigenvalue weighted by Gasteiger charge is 2.20. The Hall–Kier alpha value is -1.60. The number of rotatable bonds is 2. The summed E-state index contributed by atoms with van der Waals surface area (Å²) < 4.78 is 1.96. The Bertz CT molecular complexity index is 603. The van der Waals surface area contributed by atoms with Crippen molar-refractivity contribution in [1.29, 1.82) is 0 Å². The molecule has 102 valence electrons. The Labute approximate surface area is 115 Å². The van der Waals surface area contributed by atoms with Crippen molar-refractivity contribution in [2.75, 3.05) is 23.4 Å². The molecule has 0 spiro atoms. The lowest BCUT2D eigenvalue weighted by Gasteiger charge is -2.27.